The topological polar surface area (TPSA) is 63.5 Å². The highest BCUT2D eigenvalue weighted by atomic mass is 127. The van der Waals surface area contributed by atoms with E-state index < -0.39 is 0 Å². The highest BCUT2D eigenvalue weighted by Gasteiger charge is 2.33. The van der Waals surface area contributed by atoms with Gasteiger partial charge >= 0.3 is 0 Å². The Balaban J connectivity index is 0.00000300. The minimum Gasteiger partial charge on any atom is -0.385 e. The minimum atomic E-state index is 0. The molecule has 1 aliphatic carbocycles. The predicted octanol–water partition coefficient (Wildman–Crippen LogP) is 3.81. The molecule has 1 aromatic carbocycles. The number of aliphatic imine (C=N–C) groups is 1. The monoisotopic (exact) mass is 511 g/mol. The summed E-state index contributed by atoms with van der Waals surface area (Å²) in [5.41, 5.74) is 2.86. The van der Waals surface area contributed by atoms with Crippen molar-refractivity contribution in [2.24, 2.45) is 10.4 Å². The molecule has 3 rings (SSSR count). The highest BCUT2D eigenvalue weighted by Crippen LogP contribution is 2.40. The molecule has 0 atom stereocenters. The molecule has 1 aliphatic rings. The third-order valence-electron chi connectivity index (χ3n) is 5.81. The van der Waals surface area contributed by atoms with Crippen LogP contribution in [0.25, 0.3) is 0 Å². The third kappa shape index (κ3) is 6.99. The molecule has 2 aromatic rings. The molecule has 0 saturated heterocycles. The number of methoxy groups -OCH3 is 1. The lowest BCUT2D eigenvalue weighted by molar-refractivity contribution is 0.138. The van der Waals surface area contributed by atoms with E-state index in [9.17, 15) is 0 Å². The van der Waals surface area contributed by atoms with Crippen LogP contribution in [-0.2, 0) is 17.8 Å². The molecular formula is C22H34IN5O. The number of ether oxygens (including phenoxy) is 1. The zero-order valence-corrected chi connectivity index (χ0v) is 19.9. The van der Waals surface area contributed by atoms with Gasteiger partial charge in [-0.2, -0.15) is 5.10 Å². The molecule has 29 heavy (non-hydrogen) atoms. The van der Waals surface area contributed by atoms with Crippen LogP contribution in [0.5, 0.6) is 0 Å². The van der Waals surface area contributed by atoms with E-state index in [-0.39, 0.29) is 24.0 Å². The molecule has 0 bridgehead atoms. The Morgan fingerprint density at radius 1 is 1.17 bits per heavy atom. The zero-order chi connectivity index (χ0) is 19.7. The van der Waals surface area contributed by atoms with Crippen molar-refractivity contribution in [2.45, 2.75) is 45.2 Å². The third-order valence-corrected chi connectivity index (χ3v) is 5.81. The number of hydrogen-bond donors (Lipinski definition) is 2. The number of hydrogen-bond acceptors (Lipinski definition) is 3. The van der Waals surface area contributed by atoms with E-state index in [2.05, 4.69) is 45.0 Å². The first-order valence-electron chi connectivity index (χ1n) is 10.2. The minimum absolute atomic E-state index is 0. The summed E-state index contributed by atoms with van der Waals surface area (Å²) in [7, 11) is 3.62. The molecule has 2 N–H and O–H groups in total. The number of nitrogens with one attached hydrogen (secondary N) is 2. The van der Waals surface area contributed by atoms with Crippen LogP contribution in [0.1, 0.15) is 43.2 Å². The summed E-state index contributed by atoms with van der Waals surface area (Å²) in [5.74, 6) is 0.859. The van der Waals surface area contributed by atoms with Gasteiger partial charge < -0.3 is 15.4 Å². The molecule has 160 valence electrons. The lowest BCUT2D eigenvalue weighted by Gasteiger charge is -2.30. The van der Waals surface area contributed by atoms with Gasteiger partial charge in [0.2, 0.25) is 0 Å². The van der Waals surface area contributed by atoms with Crippen LogP contribution in [0.15, 0.2) is 47.7 Å². The summed E-state index contributed by atoms with van der Waals surface area (Å²) in [5, 5.41) is 11.4. The van der Waals surface area contributed by atoms with E-state index in [1.807, 2.05) is 30.2 Å². The Kier molecular flexibility index (Phi) is 9.93. The van der Waals surface area contributed by atoms with Gasteiger partial charge in [0.25, 0.3) is 0 Å². The van der Waals surface area contributed by atoms with E-state index in [1.165, 1.54) is 36.8 Å². The Morgan fingerprint density at radius 3 is 2.59 bits per heavy atom. The van der Waals surface area contributed by atoms with Crippen LogP contribution < -0.4 is 10.6 Å². The van der Waals surface area contributed by atoms with Gasteiger partial charge in [0.05, 0.1) is 6.54 Å². The zero-order valence-electron chi connectivity index (χ0n) is 17.6. The molecule has 0 unspecified atom stereocenters. The van der Waals surface area contributed by atoms with Gasteiger partial charge in [0.1, 0.15) is 0 Å². The first-order chi connectivity index (χ1) is 13.7. The number of aromatic nitrogens is 2. The first kappa shape index (κ1) is 23.7. The second-order valence-electron chi connectivity index (χ2n) is 7.70. The second-order valence-corrected chi connectivity index (χ2v) is 7.70. The number of halogens is 1. The molecule has 6 nitrogen and oxygen atoms in total. The molecule has 0 spiro atoms. The van der Waals surface area contributed by atoms with E-state index >= 15 is 0 Å². The van der Waals surface area contributed by atoms with Crippen molar-refractivity contribution in [1.82, 2.24) is 20.4 Å². The van der Waals surface area contributed by atoms with Gasteiger partial charge in [-0.3, -0.25) is 9.67 Å². The van der Waals surface area contributed by atoms with Crippen LogP contribution >= 0.6 is 24.0 Å². The second kappa shape index (κ2) is 12.2. The van der Waals surface area contributed by atoms with E-state index in [4.69, 9.17) is 4.74 Å². The number of nitrogens with zero attached hydrogens (tertiary/aromatic N) is 3. The van der Waals surface area contributed by atoms with Crippen LogP contribution in [-0.4, -0.2) is 43.0 Å². The highest BCUT2D eigenvalue weighted by molar-refractivity contribution is 14.0. The van der Waals surface area contributed by atoms with E-state index in [0.29, 0.717) is 5.41 Å². The predicted molar refractivity (Wildman–Crippen MR) is 129 cm³/mol. The fourth-order valence-electron chi connectivity index (χ4n) is 4.08. The first-order valence-corrected chi connectivity index (χ1v) is 10.2. The van der Waals surface area contributed by atoms with Crippen molar-refractivity contribution in [2.75, 3.05) is 27.3 Å². The van der Waals surface area contributed by atoms with Gasteiger partial charge in [0.15, 0.2) is 5.96 Å². The maximum absolute atomic E-state index is 5.34. The van der Waals surface area contributed by atoms with E-state index in [0.717, 1.165) is 38.6 Å². The summed E-state index contributed by atoms with van der Waals surface area (Å²) in [6.07, 6.45) is 10.1. The molecular weight excluding hydrogens is 477 g/mol. The molecule has 0 aliphatic heterocycles. The maximum Gasteiger partial charge on any atom is 0.191 e. The Hall–Kier alpha value is -1.61. The maximum atomic E-state index is 5.34. The average molecular weight is 511 g/mol. The summed E-state index contributed by atoms with van der Waals surface area (Å²) < 4.78 is 7.29. The van der Waals surface area contributed by atoms with Gasteiger partial charge in [0, 0.05) is 46.2 Å². The van der Waals surface area contributed by atoms with E-state index in [1.54, 1.807) is 7.11 Å². The van der Waals surface area contributed by atoms with Crippen LogP contribution in [0.4, 0.5) is 0 Å². The number of rotatable bonds is 9. The Bertz CT molecular complexity index is 741. The van der Waals surface area contributed by atoms with Crippen molar-refractivity contribution in [3.8, 4) is 0 Å². The van der Waals surface area contributed by atoms with Crippen LogP contribution in [0.3, 0.4) is 0 Å². The molecule has 0 amide bonds. The summed E-state index contributed by atoms with van der Waals surface area (Å²) >= 11 is 0. The smallest absolute Gasteiger partial charge is 0.191 e. The number of benzene rings is 1. The molecule has 1 aromatic heterocycles. The van der Waals surface area contributed by atoms with Crippen molar-refractivity contribution >= 4 is 29.9 Å². The van der Waals surface area contributed by atoms with Crippen molar-refractivity contribution in [3.63, 3.8) is 0 Å². The van der Waals surface area contributed by atoms with Crippen molar-refractivity contribution < 1.29 is 4.74 Å². The van der Waals surface area contributed by atoms with Gasteiger partial charge in [-0.05, 0) is 41.9 Å². The Morgan fingerprint density at radius 2 is 1.93 bits per heavy atom. The number of guanidine groups is 1. The summed E-state index contributed by atoms with van der Waals surface area (Å²) in [4.78, 5) is 4.43. The molecule has 1 saturated carbocycles. The quantitative estimate of drug-likeness (QED) is 0.306. The average Bonchev–Trinajstić information content (AvgIpc) is 3.40. The Labute approximate surface area is 191 Å². The van der Waals surface area contributed by atoms with Crippen LogP contribution in [0.2, 0.25) is 0 Å². The normalized spacial score (nSPS) is 15.7. The van der Waals surface area contributed by atoms with Crippen molar-refractivity contribution in [1.29, 1.82) is 0 Å². The van der Waals surface area contributed by atoms with Gasteiger partial charge in [-0.1, -0.05) is 37.1 Å². The lowest BCUT2D eigenvalue weighted by Crippen LogP contribution is -2.43. The molecule has 1 heterocycles. The van der Waals surface area contributed by atoms with Gasteiger partial charge in [-0.25, -0.2) is 0 Å². The largest absolute Gasteiger partial charge is 0.385 e. The van der Waals surface area contributed by atoms with Gasteiger partial charge in [-0.15, -0.1) is 24.0 Å². The lowest BCUT2D eigenvalue weighted by atomic mass is 9.83. The molecule has 7 heteroatoms. The molecule has 0 radical (unpaired) electrons. The summed E-state index contributed by atoms with van der Waals surface area (Å²) in [6, 6.07) is 10.4. The fraction of sp³-hybridized carbons (Fsp3) is 0.545. The van der Waals surface area contributed by atoms with Crippen LogP contribution in [0, 0.1) is 5.41 Å². The standard InChI is InChI=1S/C22H33N5O.HI/c1-23-21(25-18-22(12-15-28-2)10-5-6-11-22)24-16-19-8-3-4-9-20(19)17-27-14-7-13-26-27;/h3-4,7-9,13-14H,5-6,10-12,15-18H2,1-2H3,(H2,23,24,25);1H. The van der Waals surface area contributed by atoms with Crippen molar-refractivity contribution in [3.05, 3.63) is 53.9 Å². The SMILES string of the molecule is CN=C(NCc1ccccc1Cn1cccn1)NCC1(CCOC)CCCC1.I. The molecule has 1 fully saturated rings. The fourth-order valence-corrected chi connectivity index (χ4v) is 4.08. The summed E-state index contributed by atoms with van der Waals surface area (Å²) in [6.45, 7) is 3.29.